The second-order valence-electron chi connectivity index (χ2n) is 3.98. The van der Waals surface area contributed by atoms with E-state index in [1.54, 1.807) is 12.4 Å². The molecule has 1 aliphatic heterocycles. The normalized spacial score (nSPS) is 26.1. The molecule has 4 heteroatoms. The number of nitrogens with zero attached hydrogens (tertiary/aromatic N) is 1. The average molecular weight is 205 g/mol. The highest BCUT2D eigenvalue weighted by molar-refractivity contribution is 5.77. The molecule has 0 aromatic carbocycles. The first-order valence-electron chi connectivity index (χ1n) is 5.14. The maximum atomic E-state index is 11.3. The van der Waals surface area contributed by atoms with Crippen LogP contribution in [0.4, 0.5) is 0 Å². The lowest BCUT2D eigenvalue weighted by Gasteiger charge is -2.30. The molecule has 1 aromatic rings. The summed E-state index contributed by atoms with van der Waals surface area (Å²) in [6.07, 6.45) is 4.79. The van der Waals surface area contributed by atoms with Gasteiger partial charge in [-0.3, -0.25) is 9.78 Å². The van der Waals surface area contributed by atoms with Crippen LogP contribution in [0, 0.1) is 6.92 Å². The van der Waals surface area contributed by atoms with E-state index in [2.05, 4.69) is 10.3 Å². The van der Waals surface area contributed by atoms with Gasteiger partial charge in [0.15, 0.2) is 0 Å². The minimum absolute atomic E-state index is 0.00870. The quantitative estimate of drug-likeness (QED) is 0.708. The molecule has 80 valence electrons. The standard InChI is InChI=1S/C11H15N3O/c1-7-4-5-13-6-8(7)11-9(12)2-3-10(15)14-11/h4-6,9,11H,2-3,12H2,1H3,(H,14,15). The number of aromatic nitrogens is 1. The van der Waals surface area contributed by atoms with Crippen LogP contribution in [0.3, 0.4) is 0 Å². The topological polar surface area (TPSA) is 68.0 Å². The fraction of sp³-hybridized carbons (Fsp3) is 0.455. The summed E-state index contributed by atoms with van der Waals surface area (Å²) in [7, 11) is 0. The van der Waals surface area contributed by atoms with Gasteiger partial charge < -0.3 is 11.1 Å². The van der Waals surface area contributed by atoms with E-state index < -0.39 is 0 Å². The Kier molecular flexibility index (Phi) is 2.68. The number of hydrogen-bond donors (Lipinski definition) is 2. The molecule has 0 bridgehead atoms. The van der Waals surface area contributed by atoms with Crippen molar-refractivity contribution >= 4 is 5.91 Å². The summed E-state index contributed by atoms with van der Waals surface area (Å²) in [5.74, 6) is 0.0740. The van der Waals surface area contributed by atoms with E-state index in [-0.39, 0.29) is 18.0 Å². The van der Waals surface area contributed by atoms with Gasteiger partial charge in [-0.25, -0.2) is 0 Å². The molecular formula is C11H15N3O. The lowest BCUT2D eigenvalue weighted by atomic mass is 9.91. The highest BCUT2D eigenvalue weighted by Gasteiger charge is 2.27. The van der Waals surface area contributed by atoms with Crippen LogP contribution in [0.25, 0.3) is 0 Å². The SMILES string of the molecule is Cc1ccncc1C1NC(=O)CCC1N. The molecule has 0 spiro atoms. The molecule has 2 atom stereocenters. The first kappa shape index (κ1) is 10.1. The highest BCUT2D eigenvalue weighted by Crippen LogP contribution is 2.24. The zero-order valence-corrected chi connectivity index (χ0v) is 8.73. The van der Waals surface area contributed by atoms with Crippen molar-refractivity contribution in [3.63, 3.8) is 0 Å². The summed E-state index contributed by atoms with van der Waals surface area (Å²) in [6.45, 7) is 2.00. The predicted octanol–water partition coefficient (Wildman–Crippen LogP) is 0.668. The number of carbonyl (C=O) groups excluding carboxylic acids is 1. The van der Waals surface area contributed by atoms with Crippen LogP contribution in [-0.4, -0.2) is 16.9 Å². The Morgan fingerprint density at radius 2 is 2.40 bits per heavy atom. The Morgan fingerprint density at radius 3 is 3.13 bits per heavy atom. The van der Waals surface area contributed by atoms with Gasteiger partial charge in [-0.05, 0) is 30.5 Å². The lowest BCUT2D eigenvalue weighted by Crippen LogP contribution is -2.46. The first-order valence-corrected chi connectivity index (χ1v) is 5.14. The van der Waals surface area contributed by atoms with Gasteiger partial charge in [-0.2, -0.15) is 0 Å². The van der Waals surface area contributed by atoms with Crippen LogP contribution in [0.5, 0.6) is 0 Å². The van der Waals surface area contributed by atoms with Crippen LogP contribution in [0.2, 0.25) is 0 Å². The summed E-state index contributed by atoms with van der Waals surface area (Å²) in [4.78, 5) is 15.4. The number of hydrogen-bond acceptors (Lipinski definition) is 3. The molecule has 2 unspecified atom stereocenters. The summed E-state index contributed by atoms with van der Waals surface area (Å²) >= 11 is 0. The van der Waals surface area contributed by atoms with Crippen molar-refractivity contribution < 1.29 is 4.79 Å². The number of rotatable bonds is 1. The molecule has 1 amide bonds. The molecule has 4 nitrogen and oxygen atoms in total. The summed E-state index contributed by atoms with van der Waals surface area (Å²) in [6, 6.07) is 1.84. The van der Waals surface area contributed by atoms with Gasteiger partial charge in [-0.15, -0.1) is 0 Å². The molecule has 15 heavy (non-hydrogen) atoms. The maximum absolute atomic E-state index is 11.3. The van der Waals surface area contributed by atoms with Crippen molar-refractivity contribution in [3.05, 3.63) is 29.6 Å². The number of nitrogens with two attached hydrogens (primary N) is 1. The largest absolute Gasteiger partial charge is 0.348 e. The molecule has 1 fully saturated rings. The van der Waals surface area contributed by atoms with Crippen molar-refractivity contribution in [3.8, 4) is 0 Å². The smallest absolute Gasteiger partial charge is 0.220 e. The van der Waals surface area contributed by atoms with Crippen molar-refractivity contribution in [1.82, 2.24) is 10.3 Å². The van der Waals surface area contributed by atoms with E-state index in [9.17, 15) is 4.79 Å². The number of aryl methyl sites for hydroxylation is 1. The monoisotopic (exact) mass is 205 g/mol. The molecule has 0 radical (unpaired) electrons. The van der Waals surface area contributed by atoms with E-state index >= 15 is 0 Å². The van der Waals surface area contributed by atoms with Gasteiger partial charge >= 0.3 is 0 Å². The molecular weight excluding hydrogens is 190 g/mol. The van der Waals surface area contributed by atoms with Crippen LogP contribution < -0.4 is 11.1 Å². The highest BCUT2D eigenvalue weighted by atomic mass is 16.1. The van der Waals surface area contributed by atoms with Crippen molar-refractivity contribution in [2.24, 2.45) is 5.73 Å². The van der Waals surface area contributed by atoms with Crippen LogP contribution in [0.15, 0.2) is 18.5 Å². The van der Waals surface area contributed by atoms with Gasteiger partial charge in [0.2, 0.25) is 5.91 Å². The second-order valence-corrected chi connectivity index (χ2v) is 3.98. The molecule has 1 aliphatic rings. The molecule has 2 heterocycles. The van der Waals surface area contributed by atoms with Crippen molar-refractivity contribution in [2.75, 3.05) is 0 Å². The van der Waals surface area contributed by atoms with E-state index in [4.69, 9.17) is 5.73 Å². The second kappa shape index (κ2) is 3.98. The zero-order valence-electron chi connectivity index (χ0n) is 8.73. The van der Waals surface area contributed by atoms with Gasteiger partial charge in [0.05, 0.1) is 6.04 Å². The number of pyridine rings is 1. The molecule has 3 N–H and O–H groups in total. The number of piperidine rings is 1. The van der Waals surface area contributed by atoms with Crippen LogP contribution >= 0.6 is 0 Å². The Hall–Kier alpha value is -1.42. The Bertz CT molecular complexity index is 378. The Labute approximate surface area is 88.9 Å². The third-order valence-electron chi connectivity index (χ3n) is 2.86. The van der Waals surface area contributed by atoms with Gasteiger partial charge in [-0.1, -0.05) is 0 Å². The van der Waals surface area contributed by atoms with Crippen LogP contribution in [-0.2, 0) is 4.79 Å². The fourth-order valence-electron chi connectivity index (χ4n) is 1.93. The number of amides is 1. The minimum Gasteiger partial charge on any atom is -0.348 e. The van der Waals surface area contributed by atoms with Crippen LogP contribution in [0.1, 0.15) is 30.0 Å². The fourth-order valence-corrected chi connectivity index (χ4v) is 1.93. The van der Waals surface area contributed by atoms with E-state index in [0.29, 0.717) is 6.42 Å². The number of nitrogens with one attached hydrogen (secondary N) is 1. The lowest BCUT2D eigenvalue weighted by molar-refractivity contribution is -0.123. The Balaban J connectivity index is 2.29. The molecule has 1 saturated heterocycles. The third kappa shape index (κ3) is 1.99. The van der Waals surface area contributed by atoms with Gasteiger partial charge in [0.1, 0.15) is 0 Å². The Morgan fingerprint density at radius 1 is 1.60 bits per heavy atom. The predicted molar refractivity (Wildman–Crippen MR) is 57.1 cm³/mol. The van der Waals surface area contributed by atoms with E-state index in [1.165, 1.54) is 0 Å². The molecule has 0 saturated carbocycles. The zero-order chi connectivity index (χ0) is 10.8. The van der Waals surface area contributed by atoms with E-state index in [1.807, 2.05) is 13.0 Å². The van der Waals surface area contributed by atoms with Gasteiger partial charge in [0.25, 0.3) is 0 Å². The van der Waals surface area contributed by atoms with Gasteiger partial charge in [0, 0.05) is 24.9 Å². The minimum atomic E-state index is -0.0834. The summed E-state index contributed by atoms with van der Waals surface area (Å²) in [5, 5.41) is 2.92. The summed E-state index contributed by atoms with van der Waals surface area (Å²) < 4.78 is 0. The first-order chi connectivity index (χ1) is 7.18. The number of carbonyl (C=O) groups is 1. The van der Waals surface area contributed by atoms with Crippen molar-refractivity contribution in [1.29, 1.82) is 0 Å². The molecule has 1 aromatic heterocycles. The molecule has 0 aliphatic carbocycles. The average Bonchev–Trinajstić information content (AvgIpc) is 2.23. The third-order valence-corrected chi connectivity index (χ3v) is 2.86. The van der Waals surface area contributed by atoms with Crippen molar-refractivity contribution in [2.45, 2.75) is 31.8 Å². The summed E-state index contributed by atoms with van der Waals surface area (Å²) in [5.41, 5.74) is 8.14. The molecule has 2 rings (SSSR count). The maximum Gasteiger partial charge on any atom is 0.220 e. The van der Waals surface area contributed by atoms with E-state index in [0.717, 1.165) is 17.5 Å².